The second-order valence-corrected chi connectivity index (χ2v) is 27.0. The third kappa shape index (κ3) is 70.3. The van der Waals surface area contributed by atoms with Gasteiger partial charge in [0.05, 0.1) is 27.7 Å². The summed E-state index contributed by atoms with van der Waals surface area (Å²) in [6.07, 6.45) is 91.0. The minimum atomic E-state index is -4.65. The van der Waals surface area contributed by atoms with Crippen molar-refractivity contribution in [1.82, 2.24) is 0 Å². The Morgan fingerprint density at radius 3 is 1.00 bits per heavy atom. The van der Waals surface area contributed by atoms with Crippen LogP contribution in [0.3, 0.4) is 0 Å². The van der Waals surface area contributed by atoms with Crippen LogP contribution in [0.1, 0.15) is 335 Å². The molecule has 500 valence electrons. The highest BCUT2D eigenvalue weighted by Gasteiger charge is 2.22. The van der Waals surface area contributed by atoms with Crippen LogP contribution in [-0.2, 0) is 32.7 Å². The van der Waals surface area contributed by atoms with Gasteiger partial charge in [0.25, 0.3) is 7.82 Å². The lowest BCUT2D eigenvalue weighted by Crippen LogP contribution is -2.37. The van der Waals surface area contributed by atoms with Crippen LogP contribution in [0.25, 0.3) is 0 Å². The minimum Gasteiger partial charge on any atom is -0.756 e. The summed E-state index contributed by atoms with van der Waals surface area (Å²) < 4.78 is 34.4. The van der Waals surface area contributed by atoms with Crippen molar-refractivity contribution >= 4 is 19.8 Å². The monoisotopic (exact) mass is 1220 g/mol. The van der Waals surface area contributed by atoms with Crippen molar-refractivity contribution in [3.63, 3.8) is 0 Å². The molecule has 0 N–H and O–H groups in total. The number of ether oxygens (including phenoxy) is 2. The molecule has 10 heteroatoms. The minimum absolute atomic E-state index is 0.0318. The highest BCUT2D eigenvalue weighted by atomic mass is 31.2. The molecule has 0 aliphatic rings. The zero-order valence-corrected chi connectivity index (χ0v) is 57.9. The fraction of sp³-hybridized carbons (Fsp3) is 0.789. The van der Waals surface area contributed by atoms with E-state index in [1.54, 1.807) is 0 Å². The zero-order chi connectivity index (χ0) is 62.6. The standard InChI is InChI=1S/C76H138NO8P/c1-6-8-10-12-14-16-18-20-22-24-26-28-30-32-34-36-37-38-39-41-43-45-47-49-51-53-55-57-59-61-63-65-67-69-76(79)85-74(73-84-86(80,81)83-71-70-77(3,4)5)72-82-75(78)68-66-64-62-60-58-56-54-52-50-48-46-44-42-40-35-33-31-29-27-25-23-21-19-17-15-13-11-9-7-2/h8,10,14,16,20,22,25-28,32,34,37-38,74H,6-7,9,11-13,15,17-19,21,23-24,29-31,33,35-36,39-73H2,1-5H3/b10-8-,16-14-,22-20-,27-25-,28-26-,34-32-,38-37-. The van der Waals surface area contributed by atoms with Crippen LogP contribution < -0.4 is 4.89 Å². The van der Waals surface area contributed by atoms with Crippen LogP contribution in [0, 0.1) is 0 Å². The first-order valence-corrected chi connectivity index (χ1v) is 37.8. The van der Waals surface area contributed by atoms with Gasteiger partial charge in [-0.3, -0.25) is 14.2 Å². The van der Waals surface area contributed by atoms with Gasteiger partial charge in [0.2, 0.25) is 0 Å². The van der Waals surface area contributed by atoms with E-state index in [1.165, 1.54) is 225 Å². The van der Waals surface area contributed by atoms with Gasteiger partial charge >= 0.3 is 11.9 Å². The molecule has 0 heterocycles. The summed E-state index contributed by atoms with van der Waals surface area (Å²) in [4.78, 5) is 38.1. The predicted molar refractivity (Wildman–Crippen MR) is 369 cm³/mol. The number of allylic oxidation sites excluding steroid dienone is 14. The highest BCUT2D eigenvalue weighted by Crippen LogP contribution is 2.38. The molecule has 0 amide bonds. The molecule has 0 spiro atoms. The molecular weight excluding hydrogens is 1090 g/mol. The number of quaternary nitrogens is 1. The van der Waals surface area contributed by atoms with Crippen LogP contribution in [-0.4, -0.2) is 70.0 Å². The van der Waals surface area contributed by atoms with Crippen LogP contribution in [0.4, 0.5) is 0 Å². The van der Waals surface area contributed by atoms with Crippen molar-refractivity contribution in [3.05, 3.63) is 85.1 Å². The molecule has 0 rings (SSSR count). The van der Waals surface area contributed by atoms with Gasteiger partial charge in [-0.2, -0.15) is 0 Å². The van der Waals surface area contributed by atoms with Crippen molar-refractivity contribution < 1.29 is 42.1 Å². The van der Waals surface area contributed by atoms with Gasteiger partial charge in [-0.15, -0.1) is 0 Å². The summed E-state index contributed by atoms with van der Waals surface area (Å²) in [7, 11) is 1.17. The maximum atomic E-state index is 12.9. The number of phosphoric acid groups is 1. The van der Waals surface area contributed by atoms with Crippen LogP contribution >= 0.6 is 7.82 Å². The Bertz CT molecular complexity index is 1730. The Kier molecular flexibility index (Phi) is 64.4. The summed E-state index contributed by atoms with van der Waals surface area (Å²) in [6.45, 7) is 4.17. The lowest BCUT2D eigenvalue weighted by Gasteiger charge is -2.28. The van der Waals surface area contributed by atoms with Crippen LogP contribution in [0.5, 0.6) is 0 Å². The molecule has 0 saturated carbocycles. The molecular formula is C76H138NO8P. The van der Waals surface area contributed by atoms with E-state index in [4.69, 9.17) is 18.5 Å². The van der Waals surface area contributed by atoms with Gasteiger partial charge in [0.15, 0.2) is 6.10 Å². The fourth-order valence-electron chi connectivity index (χ4n) is 10.4. The number of hydrogen-bond acceptors (Lipinski definition) is 8. The average Bonchev–Trinajstić information content (AvgIpc) is 3.70. The van der Waals surface area contributed by atoms with E-state index >= 15 is 0 Å². The maximum Gasteiger partial charge on any atom is 0.306 e. The van der Waals surface area contributed by atoms with E-state index in [-0.39, 0.29) is 32.0 Å². The topological polar surface area (TPSA) is 111 Å². The van der Waals surface area contributed by atoms with E-state index in [9.17, 15) is 19.0 Å². The first-order valence-electron chi connectivity index (χ1n) is 36.3. The lowest BCUT2D eigenvalue weighted by molar-refractivity contribution is -0.870. The van der Waals surface area contributed by atoms with Crippen molar-refractivity contribution in [2.24, 2.45) is 0 Å². The fourth-order valence-corrected chi connectivity index (χ4v) is 11.1. The molecule has 0 aromatic carbocycles. The number of hydrogen-bond donors (Lipinski definition) is 0. The summed E-state index contributed by atoms with van der Waals surface area (Å²) in [6, 6.07) is 0. The summed E-state index contributed by atoms with van der Waals surface area (Å²) in [5, 5.41) is 0. The lowest BCUT2D eigenvalue weighted by atomic mass is 10.0. The largest absolute Gasteiger partial charge is 0.756 e. The molecule has 0 saturated heterocycles. The average molecular weight is 1220 g/mol. The zero-order valence-electron chi connectivity index (χ0n) is 57.0. The highest BCUT2D eigenvalue weighted by molar-refractivity contribution is 7.45. The van der Waals surface area contributed by atoms with Gasteiger partial charge in [-0.25, -0.2) is 0 Å². The second-order valence-electron chi connectivity index (χ2n) is 25.6. The molecule has 2 unspecified atom stereocenters. The number of phosphoric ester groups is 1. The molecule has 0 aromatic rings. The molecule has 0 aliphatic carbocycles. The molecule has 0 aromatic heterocycles. The third-order valence-electron chi connectivity index (χ3n) is 15.9. The van der Waals surface area contributed by atoms with Crippen LogP contribution in [0.2, 0.25) is 0 Å². The van der Waals surface area contributed by atoms with E-state index < -0.39 is 26.5 Å². The quantitative estimate of drug-likeness (QED) is 0.0195. The number of rotatable bonds is 67. The Labute approximate surface area is 532 Å². The predicted octanol–water partition coefficient (Wildman–Crippen LogP) is 23.1. The smallest absolute Gasteiger partial charge is 0.306 e. The molecule has 2 atom stereocenters. The van der Waals surface area contributed by atoms with E-state index in [1.807, 2.05) is 21.1 Å². The first kappa shape index (κ1) is 83.2. The normalized spacial score (nSPS) is 13.6. The van der Waals surface area contributed by atoms with Gasteiger partial charge < -0.3 is 27.9 Å². The van der Waals surface area contributed by atoms with Crippen molar-refractivity contribution in [2.75, 3.05) is 47.5 Å². The number of unbranched alkanes of at least 4 members (excludes halogenated alkanes) is 39. The Morgan fingerprint density at radius 2 is 0.663 bits per heavy atom. The first-order chi connectivity index (χ1) is 42.0. The summed E-state index contributed by atoms with van der Waals surface area (Å²) >= 11 is 0. The van der Waals surface area contributed by atoms with Gasteiger partial charge in [0.1, 0.15) is 19.8 Å². The number of likely N-dealkylation sites (N-methyl/N-ethyl adjacent to an activating group) is 1. The maximum absolute atomic E-state index is 12.9. The molecule has 0 aliphatic heterocycles. The number of carbonyl (C=O) groups excluding carboxylic acids is 2. The molecule has 0 fully saturated rings. The van der Waals surface area contributed by atoms with E-state index in [0.29, 0.717) is 17.4 Å². The SMILES string of the molecule is CC/C=C\C/C=C\C/C=C\C/C=C\C/C=C\C/C=C\CCCCCCCCCCCCCCCCC(=O)OC(COC(=O)CCCCCCCCCCCCCCCCCCC/C=C\CCCCCCCCCC)COP(=O)([O-])OCC[N+](C)(C)C. The Balaban J connectivity index is 4.02. The molecule has 9 nitrogen and oxygen atoms in total. The van der Waals surface area contributed by atoms with E-state index in [2.05, 4.69) is 98.9 Å². The van der Waals surface area contributed by atoms with Gasteiger partial charge in [-0.1, -0.05) is 317 Å². The van der Waals surface area contributed by atoms with Crippen molar-refractivity contribution in [1.29, 1.82) is 0 Å². The summed E-state index contributed by atoms with van der Waals surface area (Å²) in [5.74, 6) is -0.821. The third-order valence-corrected chi connectivity index (χ3v) is 16.9. The van der Waals surface area contributed by atoms with Crippen molar-refractivity contribution in [2.45, 2.75) is 341 Å². The van der Waals surface area contributed by atoms with Crippen LogP contribution in [0.15, 0.2) is 85.1 Å². The molecule has 0 radical (unpaired) electrons. The van der Waals surface area contributed by atoms with Gasteiger partial charge in [-0.05, 0) is 89.9 Å². The Hall–Kier alpha value is -2.81. The van der Waals surface area contributed by atoms with Crippen molar-refractivity contribution in [3.8, 4) is 0 Å². The number of nitrogens with zero attached hydrogens (tertiary/aromatic N) is 1. The second kappa shape index (κ2) is 66.6. The van der Waals surface area contributed by atoms with E-state index in [0.717, 1.165) is 77.0 Å². The number of esters is 2. The summed E-state index contributed by atoms with van der Waals surface area (Å²) in [5.41, 5.74) is 0. The molecule has 0 bridgehead atoms. The Morgan fingerprint density at radius 1 is 0.372 bits per heavy atom. The van der Waals surface area contributed by atoms with Gasteiger partial charge in [0, 0.05) is 12.8 Å². The number of carbonyl (C=O) groups is 2. The molecule has 86 heavy (non-hydrogen) atoms.